The number of piperidine rings is 1. The topological polar surface area (TPSA) is 35.5 Å². The summed E-state index contributed by atoms with van der Waals surface area (Å²) in [6.45, 7) is 15.1. The van der Waals surface area contributed by atoms with Crippen LogP contribution in [0, 0.1) is 11.8 Å². The van der Waals surface area contributed by atoms with Crippen LogP contribution in [0.4, 0.5) is 0 Å². The maximum Gasteiger partial charge on any atom is 0.0746 e. The molecule has 2 unspecified atom stereocenters. The van der Waals surface area contributed by atoms with Gasteiger partial charge in [-0.1, -0.05) is 20.8 Å². The lowest BCUT2D eigenvalue weighted by atomic mass is 9.89. The Bertz CT molecular complexity index is 245. The van der Waals surface area contributed by atoms with Crippen LogP contribution in [-0.4, -0.2) is 47.8 Å². The van der Waals surface area contributed by atoms with E-state index in [0.717, 1.165) is 12.3 Å². The van der Waals surface area contributed by atoms with Gasteiger partial charge in [-0.2, -0.15) is 0 Å². The molecule has 19 heavy (non-hydrogen) atoms. The van der Waals surface area contributed by atoms with Crippen molar-refractivity contribution in [3.63, 3.8) is 0 Å². The standard InChI is InChI=1S/C16H34N2O/c1-6-18-9-7-15(8-10-18)14(4)17-12-16(5,19)11-13(2)3/h13-15,17,19H,6-12H2,1-5H3. The Labute approximate surface area is 119 Å². The minimum Gasteiger partial charge on any atom is -0.389 e. The van der Waals surface area contributed by atoms with Crippen molar-refractivity contribution in [2.45, 2.75) is 65.5 Å². The third-order valence-corrected chi connectivity index (χ3v) is 4.44. The van der Waals surface area contributed by atoms with Crippen molar-refractivity contribution < 1.29 is 5.11 Å². The molecule has 1 aliphatic heterocycles. The van der Waals surface area contributed by atoms with Crippen molar-refractivity contribution in [3.05, 3.63) is 0 Å². The SMILES string of the molecule is CCN1CCC(C(C)NCC(C)(O)CC(C)C)CC1. The largest absolute Gasteiger partial charge is 0.389 e. The zero-order valence-electron chi connectivity index (χ0n) is 13.6. The fraction of sp³-hybridized carbons (Fsp3) is 1.00. The molecule has 0 spiro atoms. The van der Waals surface area contributed by atoms with Gasteiger partial charge in [0.1, 0.15) is 0 Å². The van der Waals surface area contributed by atoms with E-state index in [1.165, 1.54) is 32.5 Å². The van der Waals surface area contributed by atoms with E-state index in [9.17, 15) is 5.11 Å². The molecular weight excluding hydrogens is 236 g/mol. The molecule has 0 aromatic rings. The highest BCUT2D eigenvalue weighted by Crippen LogP contribution is 2.21. The summed E-state index contributed by atoms with van der Waals surface area (Å²) in [5, 5.41) is 13.9. The number of hydrogen-bond donors (Lipinski definition) is 2. The van der Waals surface area contributed by atoms with E-state index in [4.69, 9.17) is 0 Å². The molecule has 0 radical (unpaired) electrons. The number of likely N-dealkylation sites (tertiary alicyclic amines) is 1. The minimum atomic E-state index is -0.577. The second-order valence-corrected chi connectivity index (χ2v) is 7.04. The van der Waals surface area contributed by atoms with Gasteiger partial charge in [-0.05, 0) is 64.6 Å². The van der Waals surface area contributed by atoms with Gasteiger partial charge in [-0.15, -0.1) is 0 Å². The highest BCUT2D eigenvalue weighted by molar-refractivity contribution is 4.83. The Hall–Kier alpha value is -0.120. The van der Waals surface area contributed by atoms with Crippen LogP contribution in [0.2, 0.25) is 0 Å². The molecule has 2 N–H and O–H groups in total. The second-order valence-electron chi connectivity index (χ2n) is 7.04. The van der Waals surface area contributed by atoms with E-state index in [-0.39, 0.29) is 0 Å². The first kappa shape index (κ1) is 16.9. The van der Waals surface area contributed by atoms with Gasteiger partial charge in [0.05, 0.1) is 5.60 Å². The first-order valence-corrected chi connectivity index (χ1v) is 8.02. The van der Waals surface area contributed by atoms with Gasteiger partial charge in [0, 0.05) is 12.6 Å². The Balaban J connectivity index is 2.29. The number of hydrogen-bond acceptors (Lipinski definition) is 3. The molecule has 0 saturated carbocycles. The quantitative estimate of drug-likeness (QED) is 0.746. The van der Waals surface area contributed by atoms with Crippen molar-refractivity contribution in [1.29, 1.82) is 0 Å². The van der Waals surface area contributed by atoms with Crippen molar-refractivity contribution in [1.82, 2.24) is 10.2 Å². The predicted octanol–water partition coefficient (Wildman–Crippen LogP) is 2.49. The number of nitrogens with one attached hydrogen (secondary N) is 1. The summed E-state index contributed by atoms with van der Waals surface area (Å²) in [5.41, 5.74) is -0.577. The van der Waals surface area contributed by atoms with Crippen molar-refractivity contribution >= 4 is 0 Å². The van der Waals surface area contributed by atoms with Crippen LogP contribution >= 0.6 is 0 Å². The molecule has 0 aromatic carbocycles. The maximum atomic E-state index is 10.3. The van der Waals surface area contributed by atoms with Crippen molar-refractivity contribution in [2.24, 2.45) is 11.8 Å². The van der Waals surface area contributed by atoms with Gasteiger partial charge in [-0.25, -0.2) is 0 Å². The summed E-state index contributed by atoms with van der Waals surface area (Å²) in [4.78, 5) is 2.53. The lowest BCUT2D eigenvalue weighted by molar-refractivity contribution is 0.0327. The molecule has 3 heteroatoms. The average molecular weight is 270 g/mol. The Morgan fingerprint density at radius 3 is 2.32 bits per heavy atom. The fourth-order valence-electron chi connectivity index (χ4n) is 3.27. The van der Waals surface area contributed by atoms with Gasteiger partial charge >= 0.3 is 0 Å². The molecule has 1 heterocycles. The summed E-state index contributed by atoms with van der Waals surface area (Å²) in [7, 11) is 0. The summed E-state index contributed by atoms with van der Waals surface area (Å²) in [6, 6.07) is 0.512. The highest BCUT2D eigenvalue weighted by atomic mass is 16.3. The van der Waals surface area contributed by atoms with Crippen LogP contribution in [0.5, 0.6) is 0 Å². The van der Waals surface area contributed by atoms with Crippen molar-refractivity contribution in [2.75, 3.05) is 26.2 Å². The van der Waals surface area contributed by atoms with Crippen LogP contribution in [0.15, 0.2) is 0 Å². The van der Waals surface area contributed by atoms with Crippen LogP contribution in [-0.2, 0) is 0 Å². The normalized spacial score (nSPS) is 23.5. The molecule has 1 rings (SSSR count). The third kappa shape index (κ3) is 6.24. The molecule has 0 amide bonds. The van der Waals surface area contributed by atoms with E-state index in [2.05, 4.69) is 37.9 Å². The predicted molar refractivity (Wildman–Crippen MR) is 82.4 cm³/mol. The third-order valence-electron chi connectivity index (χ3n) is 4.44. The molecule has 114 valence electrons. The molecule has 2 atom stereocenters. The molecule has 0 aliphatic carbocycles. The maximum absolute atomic E-state index is 10.3. The molecule has 3 nitrogen and oxygen atoms in total. The van der Waals surface area contributed by atoms with Crippen LogP contribution < -0.4 is 5.32 Å². The summed E-state index contributed by atoms with van der Waals surface area (Å²) in [5.74, 6) is 1.30. The zero-order chi connectivity index (χ0) is 14.5. The van der Waals surface area contributed by atoms with Gasteiger partial charge in [-0.3, -0.25) is 0 Å². The van der Waals surface area contributed by atoms with E-state index in [0.29, 0.717) is 18.5 Å². The monoisotopic (exact) mass is 270 g/mol. The van der Waals surface area contributed by atoms with Gasteiger partial charge in [0.2, 0.25) is 0 Å². The first-order valence-electron chi connectivity index (χ1n) is 8.02. The number of aliphatic hydroxyl groups is 1. The summed E-state index contributed by atoms with van der Waals surface area (Å²) in [6.07, 6.45) is 3.43. The number of nitrogens with zero attached hydrogens (tertiary/aromatic N) is 1. The average Bonchev–Trinajstić information content (AvgIpc) is 2.34. The molecule has 1 aliphatic rings. The number of rotatable bonds is 7. The van der Waals surface area contributed by atoms with Crippen LogP contribution in [0.3, 0.4) is 0 Å². The highest BCUT2D eigenvalue weighted by Gasteiger charge is 2.26. The van der Waals surface area contributed by atoms with Crippen molar-refractivity contribution in [3.8, 4) is 0 Å². The Morgan fingerprint density at radius 2 is 1.84 bits per heavy atom. The fourth-order valence-corrected chi connectivity index (χ4v) is 3.27. The Morgan fingerprint density at radius 1 is 1.26 bits per heavy atom. The lowest BCUT2D eigenvalue weighted by Gasteiger charge is -2.36. The van der Waals surface area contributed by atoms with E-state index in [1.54, 1.807) is 0 Å². The van der Waals surface area contributed by atoms with E-state index in [1.807, 2.05) is 6.92 Å². The first-order chi connectivity index (χ1) is 8.84. The smallest absolute Gasteiger partial charge is 0.0746 e. The molecule has 0 aromatic heterocycles. The second kappa shape index (κ2) is 7.61. The van der Waals surface area contributed by atoms with Gasteiger partial charge < -0.3 is 15.3 Å². The minimum absolute atomic E-state index is 0.512. The molecule has 0 bridgehead atoms. The lowest BCUT2D eigenvalue weighted by Crippen LogP contribution is -2.47. The summed E-state index contributed by atoms with van der Waals surface area (Å²) < 4.78 is 0. The molecular formula is C16H34N2O. The van der Waals surface area contributed by atoms with Crippen LogP contribution in [0.1, 0.15) is 53.9 Å². The van der Waals surface area contributed by atoms with Gasteiger partial charge in [0.15, 0.2) is 0 Å². The van der Waals surface area contributed by atoms with Crippen LogP contribution in [0.25, 0.3) is 0 Å². The zero-order valence-corrected chi connectivity index (χ0v) is 13.6. The van der Waals surface area contributed by atoms with Gasteiger partial charge in [0.25, 0.3) is 0 Å². The Kier molecular flexibility index (Phi) is 6.78. The van der Waals surface area contributed by atoms with E-state index < -0.39 is 5.60 Å². The molecule has 1 saturated heterocycles. The van der Waals surface area contributed by atoms with E-state index >= 15 is 0 Å². The summed E-state index contributed by atoms with van der Waals surface area (Å²) >= 11 is 0. The molecule has 1 fully saturated rings.